The van der Waals surface area contributed by atoms with Gasteiger partial charge in [-0.1, -0.05) is 30.3 Å². The van der Waals surface area contributed by atoms with E-state index in [0.29, 0.717) is 26.3 Å². The fraction of sp³-hybridized carbons (Fsp3) is 0.588. The molecular weight excluding hydrogens is 280 g/mol. The molecule has 0 aromatic heterocycles. The van der Waals surface area contributed by atoms with Gasteiger partial charge in [0.15, 0.2) is 0 Å². The van der Waals surface area contributed by atoms with Crippen molar-refractivity contribution in [3.8, 4) is 0 Å². The molecule has 0 unspecified atom stereocenters. The van der Waals surface area contributed by atoms with E-state index in [1.807, 2.05) is 32.0 Å². The van der Waals surface area contributed by atoms with Gasteiger partial charge in [0, 0.05) is 25.7 Å². The Kier molecular flexibility index (Phi) is 6.68. The van der Waals surface area contributed by atoms with E-state index in [1.54, 1.807) is 4.90 Å². The summed E-state index contributed by atoms with van der Waals surface area (Å²) >= 11 is 0. The zero-order valence-electron chi connectivity index (χ0n) is 13.5. The van der Waals surface area contributed by atoms with Crippen LogP contribution >= 0.6 is 0 Å². The van der Waals surface area contributed by atoms with E-state index in [4.69, 9.17) is 9.47 Å². The Morgan fingerprint density at radius 1 is 1.27 bits per heavy atom. The standard InChI is InChI=1S/C17H26N2O3/c1-3-21-16-13-19(17(20)22-4-2)11-10-15(16)18-12-14-8-6-5-7-9-14/h5-9,15-16,18H,3-4,10-13H2,1-2H3/t15-,16+/m0/s1. The van der Waals surface area contributed by atoms with Crippen LogP contribution in [0.4, 0.5) is 4.79 Å². The first-order chi connectivity index (χ1) is 10.7. The van der Waals surface area contributed by atoms with Crippen molar-refractivity contribution in [2.24, 2.45) is 0 Å². The predicted octanol–water partition coefficient (Wildman–Crippen LogP) is 2.41. The van der Waals surface area contributed by atoms with Crippen LogP contribution in [-0.4, -0.2) is 49.4 Å². The summed E-state index contributed by atoms with van der Waals surface area (Å²) in [4.78, 5) is 13.6. The van der Waals surface area contributed by atoms with E-state index >= 15 is 0 Å². The average molecular weight is 306 g/mol. The summed E-state index contributed by atoms with van der Waals surface area (Å²) in [7, 11) is 0. The lowest BCUT2D eigenvalue weighted by Crippen LogP contribution is -2.55. The molecule has 0 radical (unpaired) electrons. The summed E-state index contributed by atoms with van der Waals surface area (Å²) in [6, 6.07) is 10.6. The normalized spacial score (nSPS) is 21.6. The SMILES string of the molecule is CCOC(=O)N1CC[C@H](NCc2ccccc2)[C@H](OCC)C1. The molecule has 1 saturated heterocycles. The van der Waals surface area contributed by atoms with Crippen molar-refractivity contribution >= 4 is 6.09 Å². The zero-order chi connectivity index (χ0) is 15.8. The van der Waals surface area contributed by atoms with Gasteiger partial charge >= 0.3 is 6.09 Å². The van der Waals surface area contributed by atoms with Crippen molar-refractivity contribution in [3.05, 3.63) is 35.9 Å². The highest BCUT2D eigenvalue weighted by Gasteiger charge is 2.32. The maximum absolute atomic E-state index is 11.9. The van der Waals surface area contributed by atoms with E-state index in [1.165, 1.54) is 5.56 Å². The molecule has 2 atom stereocenters. The van der Waals surface area contributed by atoms with Gasteiger partial charge in [0.1, 0.15) is 0 Å². The summed E-state index contributed by atoms with van der Waals surface area (Å²) in [6.45, 7) is 6.96. The van der Waals surface area contributed by atoms with Crippen molar-refractivity contribution in [1.29, 1.82) is 0 Å². The van der Waals surface area contributed by atoms with Crippen LogP contribution in [0.25, 0.3) is 0 Å². The number of hydrogen-bond acceptors (Lipinski definition) is 4. The van der Waals surface area contributed by atoms with Gasteiger partial charge in [-0.2, -0.15) is 0 Å². The Balaban J connectivity index is 1.89. The highest BCUT2D eigenvalue weighted by atomic mass is 16.6. The monoisotopic (exact) mass is 306 g/mol. The minimum Gasteiger partial charge on any atom is -0.450 e. The van der Waals surface area contributed by atoms with E-state index in [9.17, 15) is 4.79 Å². The Bertz CT molecular complexity index is 452. The maximum atomic E-state index is 11.9. The molecule has 5 heteroatoms. The summed E-state index contributed by atoms with van der Waals surface area (Å²) in [5.74, 6) is 0. The summed E-state index contributed by atoms with van der Waals surface area (Å²) < 4.78 is 10.9. The van der Waals surface area contributed by atoms with Crippen LogP contribution in [0.5, 0.6) is 0 Å². The molecule has 1 N–H and O–H groups in total. The Labute approximate surface area is 132 Å². The number of rotatable bonds is 6. The second-order valence-corrected chi connectivity index (χ2v) is 5.40. The molecule has 0 aliphatic carbocycles. The molecule has 1 aromatic rings. The Morgan fingerprint density at radius 3 is 2.73 bits per heavy atom. The molecule has 22 heavy (non-hydrogen) atoms. The summed E-state index contributed by atoms with van der Waals surface area (Å²) in [6.07, 6.45) is 0.636. The number of likely N-dealkylation sites (tertiary alicyclic amines) is 1. The molecule has 0 saturated carbocycles. The average Bonchev–Trinajstić information content (AvgIpc) is 2.55. The molecule has 122 valence electrons. The van der Waals surface area contributed by atoms with Gasteiger partial charge in [-0.05, 0) is 25.8 Å². The molecule has 0 bridgehead atoms. The predicted molar refractivity (Wildman–Crippen MR) is 85.7 cm³/mol. The van der Waals surface area contributed by atoms with Crippen molar-refractivity contribution < 1.29 is 14.3 Å². The third kappa shape index (κ3) is 4.71. The van der Waals surface area contributed by atoms with Crippen molar-refractivity contribution in [3.63, 3.8) is 0 Å². The number of nitrogens with zero attached hydrogens (tertiary/aromatic N) is 1. The number of carbonyl (C=O) groups excluding carboxylic acids is 1. The number of nitrogens with one attached hydrogen (secondary N) is 1. The second kappa shape index (κ2) is 8.76. The maximum Gasteiger partial charge on any atom is 0.409 e. The topological polar surface area (TPSA) is 50.8 Å². The highest BCUT2D eigenvalue weighted by Crippen LogP contribution is 2.16. The van der Waals surface area contributed by atoms with Crippen LogP contribution in [0.15, 0.2) is 30.3 Å². The molecule has 1 heterocycles. The van der Waals surface area contributed by atoms with Crippen LogP contribution < -0.4 is 5.32 Å². The lowest BCUT2D eigenvalue weighted by Gasteiger charge is -2.38. The largest absolute Gasteiger partial charge is 0.450 e. The minimum absolute atomic E-state index is 0.00636. The molecule has 2 rings (SSSR count). The van der Waals surface area contributed by atoms with Gasteiger partial charge in [0.2, 0.25) is 0 Å². The first-order valence-corrected chi connectivity index (χ1v) is 8.05. The van der Waals surface area contributed by atoms with Crippen LogP contribution in [0.2, 0.25) is 0 Å². The molecule has 1 amide bonds. The van der Waals surface area contributed by atoms with Gasteiger partial charge in [-0.3, -0.25) is 0 Å². The van der Waals surface area contributed by atoms with E-state index in [-0.39, 0.29) is 18.2 Å². The fourth-order valence-corrected chi connectivity index (χ4v) is 2.76. The van der Waals surface area contributed by atoms with Gasteiger partial charge in [-0.25, -0.2) is 4.79 Å². The van der Waals surface area contributed by atoms with Crippen LogP contribution in [0, 0.1) is 0 Å². The van der Waals surface area contributed by atoms with Gasteiger partial charge in [0.05, 0.1) is 19.3 Å². The lowest BCUT2D eigenvalue weighted by molar-refractivity contribution is -0.0167. The van der Waals surface area contributed by atoms with E-state index in [2.05, 4.69) is 17.4 Å². The van der Waals surface area contributed by atoms with Gasteiger partial charge in [0.25, 0.3) is 0 Å². The Hall–Kier alpha value is -1.59. The smallest absolute Gasteiger partial charge is 0.409 e. The third-order valence-electron chi connectivity index (χ3n) is 3.88. The van der Waals surface area contributed by atoms with Gasteiger partial charge < -0.3 is 19.7 Å². The number of benzene rings is 1. The molecule has 1 aliphatic heterocycles. The first kappa shape index (κ1) is 16.8. The highest BCUT2D eigenvalue weighted by molar-refractivity contribution is 5.67. The van der Waals surface area contributed by atoms with Crippen LogP contribution in [0.1, 0.15) is 25.8 Å². The second-order valence-electron chi connectivity index (χ2n) is 5.40. The minimum atomic E-state index is -0.242. The molecule has 1 aliphatic rings. The zero-order valence-corrected chi connectivity index (χ0v) is 13.5. The quantitative estimate of drug-likeness (QED) is 0.877. The molecule has 0 spiro atoms. The number of ether oxygens (including phenoxy) is 2. The van der Waals surface area contributed by atoms with Gasteiger partial charge in [-0.15, -0.1) is 0 Å². The van der Waals surface area contributed by atoms with Crippen molar-refractivity contribution in [2.75, 3.05) is 26.3 Å². The van der Waals surface area contributed by atoms with Crippen LogP contribution in [0.3, 0.4) is 0 Å². The van der Waals surface area contributed by atoms with Crippen molar-refractivity contribution in [2.45, 2.75) is 39.0 Å². The molecule has 5 nitrogen and oxygen atoms in total. The third-order valence-corrected chi connectivity index (χ3v) is 3.88. The number of carbonyl (C=O) groups is 1. The fourth-order valence-electron chi connectivity index (χ4n) is 2.76. The Morgan fingerprint density at radius 2 is 2.05 bits per heavy atom. The van der Waals surface area contributed by atoms with E-state index < -0.39 is 0 Å². The molecule has 1 aromatic carbocycles. The number of hydrogen-bond donors (Lipinski definition) is 1. The number of piperidine rings is 1. The molecule has 1 fully saturated rings. The summed E-state index contributed by atoms with van der Waals surface area (Å²) in [5.41, 5.74) is 1.26. The number of amides is 1. The van der Waals surface area contributed by atoms with E-state index in [0.717, 1.165) is 13.0 Å². The summed E-state index contributed by atoms with van der Waals surface area (Å²) in [5, 5.41) is 3.56. The van der Waals surface area contributed by atoms with Crippen molar-refractivity contribution in [1.82, 2.24) is 10.2 Å². The molecular formula is C17H26N2O3. The first-order valence-electron chi connectivity index (χ1n) is 8.05. The van der Waals surface area contributed by atoms with Crippen LogP contribution in [-0.2, 0) is 16.0 Å². The lowest BCUT2D eigenvalue weighted by atomic mass is 10.0.